The van der Waals surface area contributed by atoms with E-state index >= 15 is 0 Å². The summed E-state index contributed by atoms with van der Waals surface area (Å²) in [6.45, 7) is 2.43. The molecule has 0 radical (unpaired) electrons. The highest BCUT2D eigenvalue weighted by Crippen LogP contribution is 2.35. The van der Waals surface area contributed by atoms with Crippen molar-refractivity contribution in [1.82, 2.24) is 29.7 Å². The van der Waals surface area contributed by atoms with E-state index in [1.807, 2.05) is 61.8 Å². The van der Waals surface area contributed by atoms with E-state index in [2.05, 4.69) is 25.0 Å². The zero-order chi connectivity index (χ0) is 23.7. The molecular formula is C25H25N7O2. The van der Waals surface area contributed by atoms with Crippen LogP contribution >= 0.6 is 0 Å². The van der Waals surface area contributed by atoms with Crippen LogP contribution in [0.15, 0.2) is 67.3 Å². The van der Waals surface area contributed by atoms with E-state index in [-0.39, 0.29) is 12.6 Å². The number of benzene rings is 1. The molecule has 1 atom stereocenters. The standard InChI is InChI=1S/C25H25N7O2/c1-25(34-2,18-6-4-3-5-7-18)22-11-21(30-24(26)31-22)20-14-28-23-19(20)10-16(12-27-23)17-13-29-32(15-17)8-9-33/h3-7,10-15,33H,8-9H2,1-2H3,(H,27,28)(H2,26,30,31)/t25-/m1/s1. The van der Waals surface area contributed by atoms with Crippen LogP contribution in [0.25, 0.3) is 33.4 Å². The number of hydrogen-bond donors (Lipinski definition) is 3. The van der Waals surface area contributed by atoms with Crippen molar-refractivity contribution in [3.8, 4) is 22.4 Å². The first-order valence-electron chi connectivity index (χ1n) is 10.9. The predicted octanol–water partition coefficient (Wildman–Crippen LogP) is 3.37. The maximum atomic E-state index is 9.16. The van der Waals surface area contributed by atoms with Gasteiger partial charge in [0.1, 0.15) is 11.2 Å². The molecule has 5 rings (SSSR count). The number of ether oxygens (including phenoxy) is 1. The van der Waals surface area contributed by atoms with Gasteiger partial charge in [-0.05, 0) is 24.6 Å². The van der Waals surface area contributed by atoms with Crippen LogP contribution < -0.4 is 5.73 Å². The molecule has 0 saturated carbocycles. The normalized spacial score (nSPS) is 13.3. The van der Waals surface area contributed by atoms with Gasteiger partial charge in [0.15, 0.2) is 0 Å². The van der Waals surface area contributed by atoms with Gasteiger partial charge in [-0.3, -0.25) is 4.68 Å². The van der Waals surface area contributed by atoms with Gasteiger partial charge < -0.3 is 20.6 Å². The van der Waals surface area contributed by atoms with Crippen LogP contribution in [0, 0.1) is 0 Å². The lowest BCUT2D eigenvalue weighted by atomic mass is 9.91. The molecule has 0 aliphatic rings. The number of pyridine rings is 1. The summed E-state index contributed by atoms with van der Waals surface area (Å²) in [6.07, 6.45) is 7.31. The fraction of sp³-hybridized carbons (Fsp3) is 0.200. The number of aromatic nitrogens is 6. The smallest absolute Gasteiger partial charge is 0.220 e. The van der Waals surface area contributed by atoms with E-state index in [4.69, 9.17) is 15.6 Å². The monoisotopic (exact) mass is 455 g/mol. The Bertz CT molecular complexity index is 1440. The van der Waals surface area contributed by atoms with E-state index in [0.717, 1.165) is 33.3 Å². The number of aliphatic hydroxyl groups excluding tert-OH is 1. The third kappa shape index (κ3) is 3.81. The highest BCUT2D eigenvalue weighted by atomic mass is 16.5. The molecule has 0 amide bonds. The van der Waals surface area contributed by atoms with Crippen molar-refractivity contribution >= 4 is 17.0 Å². The molecule has 172 valence electrons. The van der Waals surface area contributed by atoms with Gasteiger partial charge >= 0.3 is 0 Å². The number of nitrogens with zero attached hydrogens (tertiary/aromatic N) is 5. The molecule has 4 heterocycles. The van der Waals surface area contributed by atoms with Gasteiger partial charge in [-0.2, -0.15) is 5.10 Å². The molecule has 5 aromatic rings. The fourth-order valence-corrected chi connectivity index (χ4v) is 4.09. The molecule has 9 heteroatoms. The van der Waals surface area contributed by atoms with E-state index < -0.39 is 5.60 Å². The largest absolute Gasteiger partial charge is 0.394 e. The number of rotatable bonds is 7. The number of H-pyrrole nitrogens is 1. The van der Waals surface area contributed by atoms with E-state index in [1.165, 1.54) is 0 Å². The Morgan fingerprint density at radius 3 is 2.71 bits per heavy atom. The van der Waals surface area contributed by atoms with Crippen LogP contribution in [0.4, 0.5) is 5.95 Å². The predicted molar refractivity (Wildman–Crippen MR) is 130 cm³/mol. The Hall–Kier alpha value is -4.08. The Morgan fingerprint density at radius 2 is 1.94 bits per heavy atom. The van der Waals surface area contributed by atoms with E-state index in [0.29, 0.717) is 17.9 Å². The van der Waals surface area contributed by atoms with Crippen LogP contribution in [-0.4, -0.2) is 48.5 Å². The lowest BCUT2D eigenvalue weighted by molar-refractivity contribution is 0.0354. The lowest BCUT2D eigenvalue weighted by Gasteiger charge is -2.28. The lowest BCUT2D eigenvalue weighted by Crippen LogP contribution is -2.28. The van der Waals surface area contributed by atoms with Gasteiger partial charge in [0.05, 0.1) is 30.7 Å². The average molecular weight is 456 g/mol. The van der Waals surface area contributed by atoms with Crippen LogP contribution in [0.3, 0.4) is 0 Å². The molecule has 0 bridgehead atoms. The minimum Gasteiger partial charge on any atom is -0.394 e. The summed E-state index contributed by atoms with van der Waals surface area (Å²) >= 11 is 0. The van der Waals surface area contributed by atoms with Crippen LogP contribution in [0.2, 0.25) is 0 Å². The van der Waals surface area contributed by atoms with Gasteiger partial charge in [-0.15, -0.1) is 0 Å². The zero-order valence-electron chi connectivity index (χ0n) is 18.9. The second-order valence-electron chi connectivity index (χ2n) is 8.14. The second kappa shape index (κ2) is 8.69. The minimum absolute atomic E-state index is 0.0290. The van der Waals surface area contributed by atoms with Crippen LogP contribution in [0.1, 0.15) is 18.2 Å². The third-order valence-electron chi connectivity index (χ3n) is 6.07. The summed E-state index contributed by atoms with van der Waals surface area (Å²) in [5.41, 5.74) is 11.1. The first-order chi connectivity index (χ1) is 16.5. The molecule has 0 aliphatic carbocycles. The van der Waals surface area contributed by atoms with Crippen molar-refractivity contribution in [3.05, 3.63) is 78.5 Å². The summed E-state index contributed by atoms with van der Waals surface area (Å²) in [4.78, 5) is 16.8. The molecule has 1 aromatic carbocycles. The zero-order valence-corrected chi connectivity index (χ0v) is 18.9. The molecule has 0 saturated heterocycles. The summed E-state index contributed by atoms with van der Waals surface area (Å²) < 4.78 is 7.63. The molecule has 34 heavy (non-hydrogen) atoms. The van der Waals surface area contributed by atoms with Crippen molar-refractivity contribution < 1.29 is 9.84 Å². The van der Waals surface area contributed by atoms with Crippen molar-refractivity contribution in [2.24, 2.45) is 0 Å². The average Bonchev–Trinajstić information content (AvgIpc) is 3.51. The number of anilines is 1. The number of nitrogen functional groups attached to an aromatic ring is 1. The topological polar surface area (TPSA) is 128 Å². The summed E-state index contributed by atoms with van der Waals surface area (Å²) in [6, 6.07) is 13.8. The van der Waals surface area contributed by atoms with Crippen molar-refractivity contribution in [2.75, 3.05) is 19.5 Å². The first kappa shape index (κ1) is 21.7. The maximum absolute atomic E-state index is 9.16. The third-order valence-corrected chi connectivity index (χ3v) is 6.07. The molecule has 4 N–H and O–H groups in total. The molecule has 0 fully saturated rings. The SMILES string of the molecule is CO[C@](C)(c1ccccc1)c1cc(-c2c[nH]c3ncc(-c4cnn(CCO)c4)cc23)nc(N)n1. The van der Waals surface area contributed by atoms with E-state index in [9.17, 15) is 0 Å². The number of aliphatic hydroxyl groups is 1. The van der Waals surface area contributed by atoms with E-state index in [1.54, 1.807) is 24.2 Å². The molecular weight excluding hydrogens is 430 g/mol. The number of methoxy groups -OCH3 is 1. The Balaban J connectivity index is 1.60. The highest BCUT2D eigenvalue weighted by Gasteiger charge is 2.31. The summed E-state index contributed by atoms with van der Waals surface area (Å²) in [5, 5.41) is 14.3. The maximum Gasteiger partial charge on any atom is 0.220 e. The van der Waals surface area contributed by atoms with Gasteiger partial charge in [-0.1, -0.05) is 30.3 Å². The first-order valence-corrected chi connectivity index (χ1v) is 10.9. The van der Waals surface area contributed by atoms with Gasteiger partial charge in [0.2, 0.25) is 5.95 Å². The van der Waals surface area contributed by atoms with Crippen molar-refractivity contribution in [1.29, 1.82) is 0 Å². The minimum atomic E-state index is -0.802. The molecule has 0 unspecified atom stereocenters. The fourth-order valence-electron chi connectivity index (χ4n) is 4.09. The number of fused-ring (bicyclic) bond motifs is 1. The molecule has 9 nitrogen and oxygen atoms in total. The number of nitrogens with two attached hydrogens (primary N) is 1. The summed E-state index contributed by atoms with van der Waals surface area (Å²) in [5.74, 6) is 0.162. The number of nitrogens with one attached hydrogen (secondary N) is 1. The quantitative estimate of drug-likeness (QED) is 0.343. The highest BCUT2D eigenvalue weighted by molar-refractivity contribution is 5.95. The number of hydrogen-bond acceptors (Lipinski definition) is 7. The van der Waals surface area contributed by atoms with Crippen molar-refractivity contribution in [3.63, 3.8) is 0 Å². The molecule has 0 spiro atoms. The second-order valence-corrected chi connectivity index (χ2v) is 8.14. The van der Waals surface area contributed by atoms with Crippen molar-refractivity contribution in [2.45, 2.75) is 19.1 Å². The summed E-state index contributed by atoms with van der Waals surface area (Å²) in [7, 11) is 1.66. The Kier molecular flexibility index (Phi) is 5.56. The van der Waals surface area contributed by atoms with Gasteiger partial charge in [-0.25, -0.2) is 15.0 Å². The molecule has 0 aliphatic heterocycles. The van der Waals surface area contributed by atoms with Gasteiger partial charge in [0.25, 0.3) is 0 Å². The van der Waals surface area contributed by atoms with Crippen LogP contribution in [-0.2, 0) is 16.9 Å². The Morgan fingerprint density at radius 1 is 1.12 bits per heavy atom. The molecule has 4 aromatic heterocycles. The number of aromatic amines is 1. The van der Waals surface area contributed by atoms with Gasteiger partial charge in [0, 0.05) is 47.8 Å². The van der Waals surface area contributed by atoms with Crippen LogP contribution in [0.5, 0.6) is 0 Å². The Labute approximate surface area is 196 Å².